The second kappa shape index (κ2) is 13.8. The van der Waals surface area contributed by atoms with Crippen LogP contribution < -0.4 is 20.7 Å². The van der Waals surface area contributed by atoms with E-state index in [1.165, 1.54) is 18.2 Å². The molecule has 3 N–H and O–H groups in total. The molecule has 44 heavy (non-hydrogen) atoms. The van der Waals surface area contributed by atoms with Crippen LogP contribution in [-0.4, -0.2) is 31.0 Å². The number of benzene rings is 3. The number of hydrogen-bond acceptors (Lipinski definition) is 4. The first-order valence-electron chi connectivity index (χ1n) is 13.7. The molecule has 0 saturated heterocycles. The first-order valence-corrected chi connectivity index (χ1v) is 14.1. The van der Waals surface area contributed by atoms with Gasteiger partial charge in [-0.05, 0) is 94.1 Å². The summed E-state index contributed by atoms with van der Waals surface area (Å²) in [6.07, 6.45) is -7.45. The van der Waals surface area contributed by atoms with Gasteiger partial charge < -0.3 is 20.7 Å². The summed E-state index contributed by atoms with van der Waals surface area (Å²) in [6, 6.07) is 13.2. The van der Waals surface area contributed by atoms with Crippen molar-refractivity contribution in [2.75, 3.05) is 17.2 Å². The number of nitrogens with one attached hydrogen (secondary N) is 3. The van der Waals surface area contributed by atoms with Gasteiger partial charge in [0.05, 0.1) is 16.6 Å². The average molecular weight is 640 g/mol. The zero-order chi connectivity index (χ0) is 33.0. The lowest BCUT2D eigenvalue weighted by molar-refractivity contribution is -0.211. The van der Waals surface area contributed by atoms with E-state index in [1.54, 1.807) is 19.1 Å². The Bertz CT molecular complexity index is 1510. The van der Waals surface area contributed by atoms with Crippen LogP contribution in [0.5, 0.6) is 5.75 Å². The van der Waals surface area contributed by atoms with Crippen LogP contribution in [0.4, 0.5) is 33.3 Å². The molecule has 0 fully saturated rings. The van der Waals surface area contributed by atoms with Crippen molar-refractivity contribution in [3.8, 4) is 5.75 Å². The normalized spacial score (nSPS) is 12.6. The second-order valence-electron chi connectivity index (χ2n) is 11.2. The first-order chi connectivity index (χ1) is 20.4. The smallest absolute Gasteiger partial charge is 0.402 e. The van der Waals surface area contributed by atoms with Crippen molar-refractivity contribution < 1.29 is 36.3 Å². The monoisotopic (exact) mass is 639 g/mol. The molecule has 238 valence electrons. The van der Waals surface area contributed by atoms with Gasteiger partial charge in [0.1, 0.15) is 17.8 Å². The summed E-state index contributed by atoms with van der Waals surface area (Å²) in [5, 5.41) is 8.31. The number of aryl methyl sites for hydroxylation is 3. The fraction of sp³-hybridized carbons (Fsp3) is 0.375. The van der Waals surface area contributed by atoms with Gasteiger partial charge in [-0.25, -0.2) is 8.78 Å². The van der Waals surface area contributed by atoms with Crippen LogP contribution in [0.2, 0.25) is 5.02 Å². The zero-order valence-corrected chi connectivity index (χ0v) is 25.9. The van der Waals surface area contributed by atoms with Crippen molar-refractivity contribution in [3.05, 3.63) is 86.9 Å². The molecule has 12 heteroatoms. The summed E-state index contributed by atoms with van der Waals surface area (Å²) < 4.78 is 71.1. The number of rotatable bonds is 11. The molecule has 0 aliphatic carbocycles. The molecule has 1 atom stereocenters. The van der Waals surface area contributed by atoms with Gasteiger partial charge in [0.2, 0.25) is 5.91 Å². The van der Waals surface area contributed by atoms with E-state index in [0.29, 0.717) is 16.8 Å². The van der Waals surface area contributed by atoms with Crippen molar-refractivity contribution >= 4 is 34.8 Å². The third-order valence-corrected chi connectivity index (χ3v) is 7.51. The Morgan fingerprint density at radius 1 is 0.932 bits per heavy atom. The molecule has 0 aliphatic heterocycles. The van der Waals surface area contributed by atoms with E-state index < -0.39 is 42.5 Å². The molecule has 0 spiro atoms. The van der Waals surface area contributed by atoms with Crippen LogP contribution in [0.1, 0.15) is 65.0 Å². The molecule has 2 amide bonds. The SMILES string of the molecule is Cc1cc(C)cc(NC(C)c2cc(NC(=O)c3c(C)ccc(CNC(=O)C(C)(C)C(F)(F)F)c3Cl)ccc2OCC(F)F)c1. The predicted octanol–water partition coefficient (Wildman–Crippen LogP) is 8.54. The molecule has 0 heterocycles. The molecule has 0 bridgehead atoms. The van der Waals surface area contributed by atoms with Crippen LogP contribution >= 0.6 is 11.6 Å². The van der Waals surface area contributed by atoms with E-state index in [0.717, 1.165) is 30.7 Å². The van der Waals surface area contributed by atoms with E-state index in [1.807, 2.05) is 39.0 Å². The highest BCUT2D eigenvalue weighted by atomic mass is 35.5. The highest BCUT2D eigenvalue weighted by molar-refractivity contribution is 6.35. The highest BCUT2D eigenvalue weighted by Crippen LogP contribution is 2.38. The minimum Gasteiger partial charge on any atom is -0.487 e. The van der Waals surface area contributed by atoms with E-state index >= 15 is 0 Å². The standard InChI is InChI=1S/C32H35ClF5N3O3/c1-17-11-18(2)13-23(12-17)40-20(4)24-14-22(9-10-25(24)44-16-26(34)35)41-29(42)27-19(3)7-8-21(28(27)33)15-39-30(43)31(5,6)32(36,37)38/h7-14,20,26,40H,15-16H2,1-6H3,(H,39,43)(H,41,42). The van der Waals surface area contributed by atoms with Crippen molar-refractivity contribution in [1.82, 2.24) is 5.32 Å². The van der Waals surface area contributed by atoms with Crippen LogP contribution in [0.25, 0.3) is 0 Å². The lowest BCUT2D eigenvalue weighted by atomic mass is 9.91. The number of anilines is 2. The van der Waals surface area contributed by atoms with Gasteiger partial charge in [0.15, 0.2) is 0 Å². The van der Waals surface area contributed by atoms with E-state index in [-0.39, 0.29) is 28.4 Å². The first kappa shape index (κ1) is 34.6. The van der Waals surface area contributed by atoms with Gasteiger partial charge in [0.25, 0.3) is 12.3 Å². The summed E-state index contributed by atoms with van der Waals surface area (Å²) in [5.74, 6) is -1.64. The Balaban J connectivity index is 1.87. The zero-order valence-electron chi connectivity index (χ0n) is 25.2. The van der Waals surface area contributed by atoms with Crippen molar-refractivity contribution in [2.24, 2.45) is 5.41 Å². The molecule has 3 aromatic carbocycles. The van der Waals surface area contributed by atoms with Crippen molar-refractivity contribution in [2.45, 2.75) is 66.7 Å². The van der Waals surface area contributed by atoms with Crippen molar-refractivity contribution in [1.29, 1.82) is 0 Å². The van der Waals surface area contributed by atoms with Gasteiger partial charge in [-0.15, -0.1) is 0 Å². The fourth-order valence-corrected chi connectivity index (χ4v) is 4.85. The third kappa shape index (κ3) is 8.40. The molecule has 3 aromatic rings. The van der Waals surface area contributed by atoms with Gasteiger partial charge in [-0.3, -0.25) is 9.59 Å². The Morgan fingerprint density at radius 2 is 1.57 bits per heavy atom. The van der Waals surface area contributed by atoms with Crippen LogP contribution in [0, 0.1) is 26.2 Å². The number of carbonyl (C=O) groups excluding carboxylic acids is 2. The highest BCUT2D eigenvalue weighted by Gasteiger charge is 2.52. The predicted molar refractivity (Wildman–Crippen MR) is 162 cm³/mol. The number of amides is 2. The summed E-state index contributed by atoms with van der Waals surface area (Å²) in [6.45, 7) is 7.77. The minimum atomic E-state index is -4.76. The molecule has 1 unspecified atom stereocenters. The maximum atomic E-state index is 13.4. The fourth-order valence-electron chi connectivity index (χ4n) is 4.48. The maximum Gasteiger partial charge on any atom is 0.402 e. The lowest BCUT2D eigenvalue weighted by Gasteiger charge is -2.26. The Morgan fingerprint density at radius 3 is 2.16 bits per heavy atom. The molecular formula is C32H35ClF5N3O3. The summed E-state index contributed by atoms with van der Waals surface area (Å²) in [5.41, 5.74) is 1.89. The summed E-state index contributed by atoms with van der Waals surface area (Å²) in [4.78, 5) is 25.7. The number of alkyl halides is 5. The molecule has 3 rings (SSSR count). The van der Waals surface area contributed by atoms with Gasteiger partial charge >= 0.3 is 6.18 Å². The quantitative estimate of drug-likeness (QED) is 0.184. The molecule has 0 aliphatic rings. The van der Waals surface area contributed by atoms with Gasteiger partial charge in [-0.1, -0.05) is 29.8 Å². The van der Waals surface area contributed by atoms with Gasteiger partial charge in [0, 0.05) is 23.5 Å². The second-order valence-corrected chi connectivity index (χ2v) is 11.6. The summed E-state index contributed by atoms with van der Waals surface area (Å²) >= 11 is 6.52. The van der Waals surface area contributed by atoms with Gasteiger partial charge in [-0.2, -0.15) is 13.2 Å². The Labute approximate surface area is 258 Å². The van der Waals surface area contributed by atoms with E-state index in [9.17, 15) is 31.5 Å². The number of ether oxygens (including phenoxy) is 1. The number of hydrogen-bond donors (Lipinski definition) is 3. The average Bonchev–Trinajstić information content (AvgIpc) is 2.90. The maximum absolute atomic E-state index is 13.4. The molecule has 0 aromatic heterocycles. The van der Waals surface area contributed by atoms with Crippen LogP contribution in [-0.2, 0) is 11.3 Å². The largest absolute Gasteiger partial charge is 0.487 e. The topological polar surface area (TPSA) is 79.5 Å². The third-order valence-electron chi connectivity index (χ3n) is 7.08. The number of carbonyl (C=O) groups is 2. The lowest BCUT2D eigenvalue weighted by Crippen LogP contribution is -2.46. The molecule has 0 radical (unpaired) electrons. The summed E-state index contributed by atoms with van der Waals surface area (Å²) in [7, 11) is 0. The molecule has 0 saturated carbocycles. The molecule has 6 nitrogen and oxygen atoms in total. The van der Waals surface area contributed by atoms with Crippen molar-refractivity contribution in [3.63, 3.8) is 0 Å². The number of halogens is 6. The van der Waals surface area contributed by atoms with E-state index in [2.05, 4.69) is 16.0 Å². The van der Waals surface area contributed by atoms with Crippen LogP contribution in [0.3, 0.4) is 0 Å². The van der Waals surface area contributed by atoms with Crippen LogP contribution in [0.15, 0.2) is 48.5 Å². The van der Waals surface area contributed by atoms with E-state index in [4.69, 9.17) is 16.3 Å². The minimum absolute atomic E-state index is 0.0328. The Hall–Kier alpha value is -3.86. The molecular weight excluding hydrogens is 605 g/mol. The Kier molecular flexibility index (Phi) is 10.9.